The maximum atomic E-state index is 12.0. The van der Waals surface area contributed by atoms with Gasteiger partial charge in [0.1, 0.15) is 5.41 Å². The molecule has 0 aliphatic heterocycles. The molecule has 0 aliphatic rings. The molecular formula is C14H17ClN2O. The van der Waals surface area contributed by atoms with Gasteiger partial charge in [-0.1, -0.05) is 30.7 Å². The Labute approximate surface area is 113 Å². The molecule has 96 valence electrons. The third-order valence-electron chi connectivity index (χ3n) is 3.17. The Balaban J connectivity index is 2.77. The van der Waals surface area contributed by atoms with Crippen LogP contribution in [0.2, 0.25) is 5.02 Å². The van der Waals surface area contributed by atoms with Crippen LogP contribution in [0.3, 0.4) is 0 Å². The second-order valence-electron chi connectivity index (χ2n) is 4.54. The van der Waals surface area contributed by atoms with Crippen molar-refractivity contribution in [3.8, 4) is 6.07 Å². The average Bonchev–Trinajstić information content (AvgIpc) is 2.38. The van der Waals surface area contributed by atoms with E-state index in [1.165, 1.54) is 0 Å². The molecule has 1 N–H and O–H groups in total. The van der Waals surface area contributed by atoms with Gasteiger partial charge in [0.2, 0.25) is 5.91 Å². The molecule has 1 aromatic rings. The third kappa shape index (κ3) is 3.24. The van der Waals surface area contributed by atoms with Gasteiger partial charge in [-0.25, -0.2) is 0 Å². The van der Waals surface area contributed by atoms with Crippen molar-refractivity contribution in [1.82, 2.24) is 5.32 Å². The zero-order chi connectivity index (χ0) is 13.8. The number of rotatable bonds is 4. The summed E-state index contributed by atoms with van der Waals surface area (Å²) in [7, 11) is 0. The molecule has 0 saturated heterocycles. The van der Waals surface area contributed by atoms with Crippen LogP contribution in [0.4, 0.5) is 0 Å². The van der Waals surface area contributed by atoms with Gasteiger partial charge in [0.15, 0.2) is 0 Å². The minimum atomic E-state index is -0.972. The van der Waals surface area contributed by atoms with E-state index < -0.39 is 5.41 Å². The Bertz CT molecular complexity index is 464. The highest BCUT2D eigenvalue weighted by atomic mass is 35.5. The van der Waals surface area contributed by atoms with E-state index in [1.54, 1.807) is 19.1 Å². The van der Waals surface area contributed by atoms with Crippen LogP contribution < -0.4 is 5.32 Å². The van der Waals surface area contributed by atoms with Crippen molar-refractivity contribution in [2.24, 2.45) is 5.41 Å². The molecule has 1 rings (SSSR count). The molecule has 0 fully saturated rings. The van der Waals surface area contributed by atoms with Crippen LogP contribution in [0, 0.1) is 16.7 Å². The van der Waals surface area contributed by atoms with E-state index in [2.05, 4.69) is 11.4 Å². The van der Waals surface area contributed by atoms with E-state index in [0.29, 0.717) is 11.4 Å². The van der Waals surface area contributed by atoms with Crippen LogP contribution >= 0.6 is 11.6 Å². The summed E-state index contributed by atoms with van der Waals surface area (Å²) in [5, 5.41) is 12.6. The number of nitrogens with zero attached hydrogens (tertiary/aromatic N) is 1. The summed E-state index contributed by atoms with van der Waals surface area (Å²) < 4.78 is 0. The van der Waals surface area contributed by atoms with E-state index in [4.69, 9.17) is 16.9 Å². The van der Waals surface area contributed by atoms with Crippen LogP contribution in [0.15, 0.2) is 24.3 Å². The largest absolute Gasteiger partial charge is 0.348 e. The first-order valence-corrected chi connectivity index (χ1v) is 6.28. The molecule has 0 aromatic heterocycles. The summed E-state index contributed by atoms with van der Waals surface area (Å²) in [5.41, 5.74) is -0.00937. The highest BCUT2D eigenvalue weighted by Crippen LogP contribution is 2.22. The number of carbonyl (C=O) groups excluding carboxylic acids is 1. The third-order valence-corrected chi connectivity index (χ3v) is 3.42. The monoisotopic (exact) mass is 264 g/mol. The Hall–Kier alpha value is -1.53. The van der Waals surface area contributed by atoms with E-state index in [9.17, 15) is 4.79 Å². The number of carbonyl (C=O) groups is 1. The summed E-state index contributed by atoms with van der Waals surface area (Å²) >= 11 is 5.81. The number of hydrogen-bond acceptors (Lipinski definition) is 2. The van der Waals surface area contributed by atoms with Crippen molar-refractivity contribution in [2.75, 3.05) is 0 Å². The maximum absolute atomic E-state index is 12.0. The van der Waals surface area contributed by atoms with Crippen molar-refractivity contribution < 1.29 is 4.79 Å². The van der Waals surface area contributed by atoms with E-state index in [0.717, 1.165) is 5.56 Å². The zero-order valence-electron chi connectivity index (χ0n) is 10.8. The topological polar surface area (TPSA) is 52.9 Å². The van der Waals surface area contributed by atoms with Crippen molar-refractivity contribution in [1.29, 1.82) is 5.26 Å². The lowest BCUT2D eigenvalue weighted by molar-refractivity contribution is -0.128. The molecule has 1 aromatic carbocycles. The molecule has 2 atom stereocenters. The number of nitrogens with one attached hydrogen (secondary N) is 1. The van der Waals surface area contributed by atoms with Crippen LogP contribution in [-0.2, 0) is 4.79 Å². The number of benzene rings is 1. The molecule has 0 bridgehead atoms. The van der Waals surface area contributed by atoms with Gasteiger partial charge in [0.25, 0.3) is 0 Å². The minimum absolute atomic E-state index is 0.144. The quantitative estimate of drug-likeness (QED) is 0.905. The van der Waals surface area contributed by atoms with Gasteiger partial charge in [-0.3, -0.25) is 4.79 Å². The number of amides is 1. The van der Waals surface area contributed by atoms with Crippen molar-refractivity contribution >= 4 is 17.5 Å². The van der Waals surface area contributed by atoms with Gasteiger partial charge in [-0.05, 0) is 38.0 Å². The smallest absolute Gasteiger partial charge is 0.240 e. The highest BCUT2D eigenvalue weighted by Gasteiger charge is 2.32. The molecule has 0 aliphatic carbocycles. The first-order chi connectivity index (χ1) is 8.42. The predicted molar refractivity (Wildman–Crippen MR) is 72.0 cm³/mol. The summed E-state index contributed by atoms with van der Waals surface area (Å²) in [6.45, 7) is 5.36. The molecule has 18 heavy (non-hydrogen) atoms. The molecule has 0 heterocycles. The van der Waals surface area contributed by atoms with Crippen molar-refractivity contribution in [3.63, 3.8) is 0 Å². The summed E-state index contributed by atoms with van der Waals surface area (Å²) in [6, 6.07) is 9.21. The molecule has 0 saturated carbocycles. The first kappa shape index (κ1) is 14.5. The fourth-order valence-electron chi connectivity index (χ4n) is 1.48. The number of halogens is 1. The molecule has 0 radical (unpaired) electrons. The summed E-state index contributed by atoms with van der Waals surface area (Å²) in [4.78, 5) is 12.0. The van der Waals surface area contributed by atoms with Crippen LogP contribution in [0.25, 0.3) is 0 Å². The second-order valence-corrected chi connectivity index (χ2v) is 4.98. The van der Waals surface area contributed by atoms with Gasteiger partial charge in [-0.2, -0.15) is 5.26 Å². The lowest BCUT2D eigenvalue weighted by Crippen LogP contribution is -2.38. The average molecular weight is 265 g/mol. The van der Waals surface area contributed by atoms with E-state index in [1.807, 2.05) is 26.0 Å². The predicted octanol–water partition coefficient (Wildman–Crippen LogP) is 3.46. The number of hydrogen-bond donors (Lipinski definition) is 1. The van der Waals surface area contributed by atoms with Crippen LogP contribution in [0.5, 0.6) is 0 Å². The first-order valence-electron chi connectivity index (χ1n) is 5.90. The summed E-state index contributed by atoms with van der Waals surface area (Å²) in [5.74, 6) is -0.241. The lowest BCUT2D eigenvalue weighted by atomic mass is 9.88. The molecule has 1 amide bonds. The zero-order valence-corrected chi connectivity index (χ0v) is 11.6. The Morgan fingerprint density at radius 1 is 1.50 bits per heavy atom. The SMILES string of the molecule is CCC(C)(C#N)C(=O)NC(C)c1ccc(Cl)cc1. The van der Waals surface area contributed by atoms with E-state index in [-0.39, 0.29) is 11.9 Å². The fraction of sp³-hybridized carbons (Fsp3) is 0.429. The van der Waals surface area contributed by atoms with Crippen LogP contribution in [0.1, 0.15) is 38.8 Å². The Morgan fingerprint density at radius 2 is 2.06 bits per heavy atom. The second kappa shape index (κ2) is 5.88. The molecular weight excluding hydrogens is 248 g/mol. The van der Waals surface area contributed by atoms with Crippen molar-refractivity contribution in [3.05, 3.63) is 34.9 Å². The molecule has 2 unspecified atom stereocenters. The fourth-order valence-corrected chi connectivity index (χ4v) is 1.61. The Kier molecular flexibility index (Phi) is 4.75. The van der Waals surface area contributed by atoms with Gasteiger partial charge in [0, 0.05) is 5.02 Å². The Morgan fingerprint density at radius 3 is 2.50 bits per heavy atom. The maximum Gasteiger partial charge on any atom is 0.240 e. The number of nitriles is 1. The standard InChI is InChI=1S/C14H17ClN2O/c1-4-14(3,9-16)13(18)17-10(2)11-5-7-12(15)8-6-11/h5-8,10H,4H2,1-3H3,(H,17,18). The highest BCUT2D eigenvalue weighted by molar-refractivity contribution is 6.30. The molecule has 3 nitrogen and oxygen atoms in total. The van der Waals surface area contributed by atoms with Gasteiger partial charge in [-0.15, -0.1) is 0 Å². The summed E-state index contributed by atoms with van der Waals surface area (Å²) in [6.07, 6.45) is 0.489. The normalized spacial score (nSPS) is 15.3. The molecule has 0 spiro atoms. The van der Waals surface area contributed by atoms with Gasteiger partial charge in [0.05, 0.1) is 12.1 Å². The van der Waals surface area contributed by atoms with Crippen LogP contribution in [-0.4, -0.2) is 5.91 Å². The van der Waals surface area contributed by atoms with Gasteiger partial charge < -0.3 is 5.32 Å². The van der Waals surface area contributed by atoms with Gasteiger partial charge >= 0.3 is 0 Å². The van der Waals surface area contributed by atoms with Crippen molar-refractivity contribution in [2.45, 2.75) is 33.2 Å². The minimum Gasteiger partial charge on any atom is -0.348 e. The van der Waals surface area contributed by atoms with E-state index >= 15 is 0 Å². The molecule has 4 heteroatoms. The lowest BCUT2D eigenvalue weighted by Gasteiger charge is -2.22.